The normalized spacial score (nSPS) is 32.5. The van der Waals surface area contributed by atoms with Crippen LogP contribution in [0.25, 0.3) is 0 Å². The van der Waals surface area contributed by atoms with Gasteiger partial charge in [-0.2, -0.15) is 0 Å². The highest BCUT2D eigenvalue weighted by molar-refractivity contribution is 7.07. The maximum absolute atomic E-state index is 13.1. The molecule has 3 fully saturated rings. The van der Waals surface area contributed by atoms with Crippen LogP contribution in [0.5, 0.6) is 0 Å². The van der Waals surface area contributed by atoms with Gasteiger partial charge in [-0.15, -0.1) is 0 Å². The fraction of sp³-hybridized carbons (Fsp3) is 0.421. The van der Waals surface area contributed by atoms with E-state index in [0.717, 1.165) is 38.5 Å². The molecule has 3 aromatic rings. The SMILES string of the molecule is CC1C[C@@H]2[C@@H](CC[C@]3(C)C(=O)CC[C@@H]23)[C@@]2(CO[Si](c3ccccc3)(c3ccccc3)c3ccccc3)CCC(=O)C=C12. The lowest BCUT2D eigenvalue weighted by molar-refractivity contribution is -0.134. The molecule has 216 valence electrons. The molecule has 7 rings (SSSR count). The molecule has 0 saturated heterocycles. The average Bonchev–Trinajstić information content (AvgIpc) is 3.34. The summed E-state index contributed by atoms with van der Waals surface area (Å²) in [6.07, 6.45) is 8.29. The fourth-order valence-corrected chi connectivity index (χ4v) is 13.7. The standard InChI is InChI=1S/C38H42O3Si/c1-27-24-32-33-18-19-36(40)37(33,2)22-21-34(32)38(23-20-28(39)25-35(27)38)26-41-42(29-12-6-3-7-13-29,30-14-8-4-9-15-30)31-16-10-5-11-17-31/h3-17,25,27,32-34H,18-24,26H2,1-2H3/t27?,32-,33-,34+,37-,38-/m0/s1. The third-order valence-electron chi connectivity index (χ3n) is 11.8. The molecule has 42 heavy (non-hydrogen) atoms. The summed E-state index contributed by atoms with van der Waals surface area (Å²) >= 11 is 0. The number of fused-ring (bicyclic) bond motifs is 5. The van der Waals surface area contributed by atoms with Crippen molar-refractivity contribution in [2.75, 3.05) is 6.61 Å². The lowest BCUT2D eigenvalue weighted by Crippen LogP contribution is -2.70. The van der Waals surface area contributed by atoms with E-state index in [4.69, 9.17) is 4.43 Å². The Balaban J connectivity index is 1.37. The Morgan fingerprint density at radius 1 is 0.762 bits per heavy atom. The predicted molar refractivity (Wildman–Crippen MR) is 171 cm³/mol. The third-order valence-corrected chi connectivity index (χ3v) is 15.8. The first-order chi connectivity index (χ1) is 20.4. The molecule has 4 aliphatic rings. The molecule has 3 aromatic carbocycles. The Morgan fingerprint density at radius 2 is 1.33 bits per heavy atom. The number of rotatable bonds is 6. The van der Waals surface area contributed by atoms with Gasteiger partial charge in [-0.25, -0.2) is 0 Å². The quantitative estimate of drug-likeness (QED) is 0.268. The first-order valence-electron chi connectivity index (χ1n) is 16.0. The van der Waals surface area contributed by atoms with Gasteiger partial charge in [0.15, 0.2) is 5.78 Å². The van der Waals surface area contributed by atoms with Crippen LogP contribution in [-0.4, -0.2) is 26.5 Å². The molecular formula is C38H42O3Si. The zero-order valence-corrected chi connectivity index (χ0v) is 25.9. The molecular weight excluding hydrogens is 533 g/mol. The van der Waals surface area contributed by atoms with Crippen molar-refractivity contribution in [3.63, 3.8) is 0 Å². The molecule has 4 heteroatoms. The Morgan fingerprint density at radius 3 is 1.90 bits per heavy atom. The maximum Gasteiger partial charge on any atom is 0.288 e. The van der Waals surface area contributed by atoms with Crippen LogP contribution >= 0.6 is 0 Å². The number of Topliss-reactive ketones (excluding diaryl/α,β-unsaturated/α-hetero) is 1. The Labute approximate surface area is 251 Å². The molecule has 0 radical (unpaired) electrons. The molecule has 1 unspecified atom stereocenters. The highest BCUT2D eigenvalue weighted by atomic mass is 28.4. The van der Waals surface area contributed by atoms with Gasteiger partial charge in [0.2, 0.25) is 0 Å². The van der Waals surface area contributed by atoms with E-state index in [1.165, 1.54) is 21.1 Å². The van der Waals surface area contributed by atoms with Crippen LogP contribution in [0.4, 0.5) is 0 Å². The van der Waals surface area contributed by atoms with Crippen molar-refractivity contribution >= 4 is 35.4 Å². The van der Waals surface area contributed by atoms with Gasteiger partial charge in [-0.3, -0.25) is 9.59 Å². The van der Waals surface area contributed by atoms with Crippen LogP contribution in [0.1, 0.15) is 58.8 Å². The van der Waals surface area contributed by atoms with Crippen LogP contribution in [0.2, 0.25) is 0 Å². The smallest absolute Gasteiger partial charge is 0.288 e. The van der Waals surface area contributed by atoms with Crippen LogP contribution in [0.15, 0.2) is 103 Å². The molecule has 0 aliphatic heterocycles. The lowest BCUT2D eigenvalue weighted by atomic mass is 9.45. The third kappa shape index (κ3) is 4.17. The summed E-state index contributed by atoms with van der Waals surface area (Å²) in [4.78, 5) is 26.1. The van der Waals surface area contributed by atoms with E-state index in [2.05, 4.69) is 105 Å². The van der Waals surface area contributed by atoms with Crippen molar-refractivity contribution < 1.29 is 14.0 Å². The van der Waals surface area contributed by atoms with Crippen molar-refractivity contribution in [3.8, 4) is 0 Å². The van der Waals surface area contributed by atoms with E-state index in [1.54, 1.807) is 0 Å². The molecule has 0 heterocycles. The summed E-state index contributed by atoms with van der Waals surface area (Å²) < 4.78 is 7.70. The minimum atomic E-state index is -2.90. The molecule has 0 bridgehead atoms. The van der Waals surface area contributed by atoms with Gasteiger partial charge < -0.3 is 4.43 Å². The van der Waals surface area contributed by atoms with Gasteiger partial charge in [0, 0.05) is 30.3 Å². The minimum Gasteiger partial charge on any atom is -0.403 e. The number of carbonyl (C=O) groups is 2. The second-order valence-corrected chi connectivity index (χ2v) is 17.1. The van der Waals surface area contributed by atoms with Gasteiger partial charge in [0.1, 0.15) is 5.78 Å². The fourth-order valence-electron chi connectivity index (χ4n) is 9.79. The molecule has 3 saturated carbocycles. The van der Waals surface area contributed by atoms with E-state index in [9.17, 15) is 9.59 Å². The van der Waals surface area contributed by atoms with Crippen molar-refractivity contribution in [2.24, 2.45) is 34.5 Å². The minimum absolute atomic E-state index is 0.175. The van der Waals surface area contributed by atoms with Gasteiger partial charge >= 0.3 is 0 Å². The van der Waals surface area contributed by atoms with Crippen molar-refractivity contribution in [3.05, 3.63) is 103 Å². The topological polar surface area (TPSA) is 43.4 Å². The summed E-state index contributed by atoms with van der Waals surface area (Å²) in [7, 11) is -2.90. The largest absolute Gasteiger partial charge is 0.403 e. The average molecular weight is 575 g/mol. The zero-order valence-electron chi connectivity index (χ0n) is 24.9. The van der Waals surface area contributed by atoms with Gasteiger partial charge in [-0.1, -0.05) is 110 Å². The zero-order chi connectivity index (χ0) is 29.0. The van der Waals surface area contributed by atoms with Crippen LogP contribution in [0, 0.1) is 34.5 Å². The van der Waals surface area contributed by atoms with E-state index >= 15 is 0 Å². The van der Waals surface area contributed by atoms with Gasteiger partial charge in [-0.05, 0) is 77.4 Å². The van der Waals surface area contributed by atoms with Crippen molar-refractivity contribution in [2.45, 2.75) is 58.8 Å². The van der Waals surface area contributed by atoms with E-state index in [1.807, 2.05) is 6.08 Å². The van der Waals surface area contributed by atoms with E-state index in [0.29, 0.717) is 42.5 Å². The number of ketones is 2. The Bertz CT molecular complexity index is 1400. The lowest BCUT2D eigenvalue weighted by Gasteiger charge is -2.60. The maximum atomic E-state index is 13.1. The van der Waals surface area contributed by atoms with Crippen LogP contribution in [-0.2, 0) is 14.0 Å². The second kappa shape index (κ2) is 10.6. The molecule has 0 spiro atoms. The van der Waals surface area contributed by atoms with Crippen LogP contribution in [0.3, 0.4) is 0 Å². The molecule has 0 amide bonds. The summed E-state index contributed by atoms with van der Waals surface area (Å²) in [5.41, 5.74) is 0.968. The highest BCUT2D eigenvalue weighted by Gasteiger charge is 2.62. The first-order valence-corrected chi connectivity index (χ1v) is 17.9. The second-order valence-electron chi connectivity index (χ2n) is 13.7. The summed E-state index contributed by atoms with van der Waals surface area (Å²) in [6.45, 7) is 5.19. The highest BCUT2D eigenvalue weighted by Crippen LogP contribution is 2.65. The van der Waals surface area contributed by atoms with Gasteiger partial charge in [0.05, 0.1) is 0 Å². The Hall–Kier alpha value is -3.08. The molecule has 3 nitrogen and oxygen atoms in total. The van der Waals surface area contributed by atoms with Crippen LogP contribution < -0.4 is 15.6 Å². The summed E-state index contributed by atoms with van der Waals surface area (Å²) in [5, 5.41) is 3.73. The molecule has 6 atom stereocenters. The number of carbonyl (C=O) groups excluding carboxylic acids is 2. The molecule has 4 aliphatic carbocycles. The van der Waals surface area contributed by atoms with Gasteiger partial charge in [0.25, 0.3) is 8.32 Å². The first kappa shape index (κ1) is 27.7. The monoisotopic (exact) mass is 574 g/mol. The number of hydrogen-bond acceptors (Lipinski definition) is 3. The predicted octanol–water partition coefficient (Wildman–Crippen LogP) is 6.00. The van der Waals surface area contributed by atoms with E-state index < -0.39 is 8.32 Å². The van der Waals surface area contributed by atoms with Crippen molar-refractivity contribution in [1.29, 1.82) is 0 Å². The summed E-state index contributed by atoms with van der Waals surface area (Å²) in [5.74, 6) is 2.44. The number of benzene rings is 3. The number of hydrogen-bond donors (Lipinski definition) is 0. The molecule has 0 N–H and O–H groups in total. The summed E-state index contributed by atoms with van der Waals surface area (Å²) in [6, 6.07) is 32.5. The van der Waals surface area contributed by atoms with E-state index in [-0.39, 0.29) is 16.6 Å². The Kier molecular flexibility index (Phi) is 6.98. The molecule has 0 aromatic heterocycles. The van der Waals surface area contributed by atoms with Crippen molar-refractivity contribution in [1.82, 2.24) is 0 Å².